The van der Waals surface area contributed by atoms with Gasteiger partial charge in [0.1, 0.15) is 5.58 Å². The topological polar surface area (TPSA) is 13.1 Å². The lowest BCUT2D eigenvalue weighted by Crippen LogP contribution is -1.99. The molecule has 0 radical (unpaired) electrons. The van der Waals surface area contributed by atoms with Crippen LogP contribution in [0.15, 0.2) is 34.7 Å². The van der Waals surface area contributed by atoms with Crippen LogP contribution in [0.1, 0.15) is 5.76 Å². The van der Waals surface area contributed by atoms with Crippen molar-refractivity contribution in [2.45, 2.75) is 3.79 Å². The van der Waals surface area contributed by atoms with E-state index in [0.717, 1.165) is 5.39 Å². The van der Waals surface area contributed by atoms with Crippen LogP contribution in [0.2, 0.25) is 0 Å². The van der Waals surface area contributed by atoms with Crippen LogP contribution in [0.4, 0.5) is 0 Å². The Hall–Kier alpha value is -0.280. The number of para-hydroxylation sites is 1. The summed E-state index contributed by atoms with van der Waals surface area (Å²) < 4.78 is 4.47. The average Bonchev–Trinajstić information content (AvgIpc) is 2.16. The summed E-state index contributed by atoms with van der Waals surface area (Å²) in [6.45, 7) is 0. The van der Waals surface area contributed by atoms with Crippen molar-refractivity contribution in [1.82, 2.24) is 0 Å². The second-order valence-electron chi connectivity index (χ2n) is 2.97. The van der Waals surface area contributed by atoms with Crippen LogP contribution in [0, 0.1) is 4.51 Å². The molecule has 0 saturated carbocycles. The maximum atomic E-state index is 5.72. The molecule has 1 heterocycles. The van der Waals surface area contributed by atoms with Crippen LogP contribution in [-0.2, 0) is 3.79 Å². The van der Waals surface area contributed by atoms with Gasteiger partial charge in [-0.3, -0.25) is 0 Å². The van der Waals surface area contributed by atoms with E-state index in [1.807, 2.05) is 18.2 Å². The van der Waals surface area contributed by atoms with E-state index < -0.39 is 3.79 Å². The van der Waals surface area contributed by atoms with Gasteiger partial charge in [-0.25, -0.2) is 0 Å². The van der Waals surface area contributed by atoms with Crippen LogP contribution >= 0.6 is 47.0 Å². The molecule has 0 unspecified atom stereocenters. The van der Waals surface area contributed by atoms with E-state index in [1.54, 1.807) is 12.1 Å². The van der Waals surface area contributed by atoms with Gasteiger partial charge in [0.25, 0.3) is 0 Å². The Morgan fingerprint density at radius 2 is 1.80 bits per heavy atom. The summed E-state index contributed by atoms with van der Waals surface area (Å²) in [5, 5.41) is 0.838. The highest BCUT2D eigenvalue weighted by Gasteiger charge is 2.26. The van der Waals surface area contributed by atoms with Crippen LogP contribution < -0.4 is 0 Å². The van der Waals surface area contributed by atoms with Gasteiger partial charge in [0, 0.05) is 5.39 Å². The van der Waals surface area contributed by atoms with Gasteiger partial charge in [0.05, 0.1) is 4.51 Å². The molecule has 0 saturated heterocycles. The van der Waals surface area contributed by atoms with Crippen LogP contribution in [0.25, 0.3) is 11.0 Å². The number of fused-ring (bicyclic) bond motifs is 1. The summed E-state index contributed by atoms with van der Waals surface area (Å²) in [5.74, 6) is 0.233. The lowest BCUT2D eigenvalue weighted by atomic mass is 10.2. The minimum Gasteiger partial charge on any atom is -0.456 e. The zero-order valence-corrected chi connectivity index (χ0v) is 10.4. The van der Waals surface area contributed by atoms with Crippen molar-refractivity contribution in [2.24, 2.45) is 0 Å². The molecular formula is C10H5Cl3OS. The Bertz CT molecular complexity index is 556. The molecule has 0 aliphatic carbocycles. The van der Waals surface area contributed by atoms with Crippen LogP contribution in [0.3, 0.4) is 0 Å². The zero-order chi connectivity index (χ0) is 11.1. The smallest absolute Gasteiger partial charge is 0.248 e. The van der Waals surface area contributed by atoms with Crippen molar-refractivity contribution < 1.29 is 4.42 Å². The van der Waals surface area contributed by atoms with Gasteiger partial charge in [0.15, 0.2) is 5.76 Å². The first kappa shape index (κ1) is 11.2. The van der Waals surface area contributed by atoms with Gasteiger partial charge in [-0.15, -0.1) is 0 Å². The Morgan fingerprint density at radius 3 is 2.47 bits per heavy atom. The summed E-state index contributed by atoms with van der Waals surface area (Å²) in [6.07, 6.45) is 0. The van der Waals surface area contributed by atoms with E-state index in [9.17, 15) is 0 Å². The van der Waals surface area contributed by atoms with Crippen LogP contribution in [-0.4, -0.2) is 0 Å². The van der Waals surface area contributed by atoms with Gasteiger partial charge in [-0.1, -0.05) is 59.2 Å². The molecule has 0 amide bonds. The average molecular weight is 280 g/mol. The summed E-state index contributed by atoms with van der Waals surface area (Å²) in [5.41, 5.74) is 0.617. The molecule has 0 spiro atoms. The highest BCUT2D eigenvalue weighted by Crippen LogP contribution is 2.39. The number of hydrogen-bond acceptors (Lipinski definition) is 2. The Balaban J connectivity index is 2.79. The lowest BCUT2D eigenvalue weighted by Gasteiger charge is -2.10. The summed E-state index contributed by atoms with van der Waals surface area (Å²) in [6, 6.07) is 8.92. The Morgan fingerprint density at radius 1 is 1.13 bits per heavy atom. The molecule has 0 bridgehead atoms. The molecule has 2 aromatic rings. The second kappa shape index (κ2) is 3.95. The highest BCUT2D eigenvalue weighted by molar-refractivity contribution is 7.71. The quantitative estimate of drug-likeness (QED) is 0.498. The molecule has 1 nitrogen and oxygen atoms in total. The SMILES string of the molecule is S=c1cc(C(Cl)(Cl)Cl)oc2ccccc12. The van der Waals surface area contributed by atoms with Gasteiger partial charge in [-0.2, -0.15) is 0 Å². The van der Waals surface area contributed by atoms with Crippen molar-refractivity contribution in [3.63, 3.8) is 0 Å². The minimum absolute atomic E-state index is 0.233. The first-order valence-corrected chi connectivity index (χ1v) is 5.63. The van der Waals surface area contributed by atoms with E-state index >= 15 is 0 Å². The number of hydrogen-bond donors (Lipinski definition) is 0. The van der Waals surface area contributed by atoms with E-state index in [1.165, 1.54) is 0 Å². The van der Waals surface area contributed by atoms with Gasteiger partial charge in [-0.05, 0) is 18.2 Å². The summed E-state index contributed by atoms with van der Waals surface area (Å²) in [7, 11) is 0. The fraction of sp³-hybridized carbons (Fsp3) is 0.100. The van der Waals surface area contributed by atoms with E-state index in [-0.39, 0.29) is 5.76 Å². The molecule has 0 aliphatic heterocycles. The summed E-state index contributed by atoms with van der Waals surface area (Å²) >= 11 is 22.3. The molecular weight excluding hydrogens is 275 g/mol. The molecule has 5 heteroatoms. The molecule has 1 aromatic carbocycles. The van der Waals surface area contributed by atoms with Crippen molar-refractivity contribution in [3.05, 3.63) is 40.6 Å². The van der Waals surface area contributed by atoms with E-state index in [4.69, 9.17) is 51.4 Å². The predicted octanol–water partition coefficient (Wildman–Crippen LogP) is 4.99. The fourth-order valence-corrected chi connectivity index (χ4v) is 1.80. The normalized spacial score (nSPS) is 11.9. The fourth-order valence-electron chi connectivity index (χ4n) is 1.24. The third-order valence-electron chi connectivity index (χ3n) is 1.91. The number of alkyl halides is 3. The molecule has 0 N–H and O–H groups in total. The van der Waals surface area contributed by atoms with Crippen LogP contribution in [0.5, 0.6) is 0 Å². The van der Waals surface area contributed by atoms with Crippen molar-refractivity contribution in [2.75, 3.05) is 0 Å². The predicted molar refractivity (Wildman–Crippen MR) is 66.3 cm³/mol. The Labute approximate surface area is 107 Å². The Kier molecular flexibility index (Phi) is 2.95. The molecule has 0 fully saturated rings. The first-order chi connectivity index (χ1) is 6.98. The van der Waals surface area contributed by atoms with Gasteiger partial charge in [0.2, 0.25) is 3.79 Å². The monoisotopic (exact) mass is 278 g/mol. The molecule has 0 aliphatic rings. The molecule has 78 valence electrons. The largest absolute Gasteiger partial charge is 0.456 e. The molecule has 15 heavy (non-hydrogen) atoms. The second-order valence-corrected chi connectivity index (χ2v) is 5.69. The lowest BCUT2D eigenvalue weighted by molar-refractivity contribution is 0.546. The molecule has 2 rings (SSSR count). The van der Waals surface area contributed by atoms with Gasteiger partial charge < -0.3 is 4.42 Å². The van der Waals surface area contributed by atoms with E-state index in [2.05, 4.69) is 0 Å². The van der Waals surface area contributed by atoms with Crippen molar-refractivity contribution in [3.8, 4) is 0 Å². The maximum Gasteiger partial charge on any atom is 0.248 e. The van der Waals surface area contributed by atoms with Crippen molar-refractivity contribution >= 4 is 58.0 Å². The third-order valence-corrected chi connectivity index (χ3v) is 2.81. The van der Waals surface area contributed by atoms with Gasteiger partial charge >= 0.3 is 0 Å². The maximum absolute atomic E-state index is 5.72. The standard InChI is InChI=1S/C10H5Cl3OS/c11-10(12,13)9-5-8(15)6-3-1-2-4-7(6)14-9/h1-5H. The number of halogens is 3. The highest BCUT2D eigenvalue weighted by atomic mass is 35.6. The van der Waals surface area contributed by atoms with Crippen molar-refractivity contribution in [1.29, 1.82) is 0 Å². The third kappa shape index (κ3) is 2.28. The summed E-state index contributed by atoms with van der Waals surface area (Å²) in [4.78, 5) is 0. The molecule has 1 aromatic heterocycles. The first-order valence-electron chi connectivity index (χ1n) is 4.08. The zero-order valence-electron chi connectivity index (χ0n) is 7.34. The number of rotatable bonds is 0. The van der Waals surface area contributed by atoms with E-state index in [0.29, 0.717) is 10.1 Å². The molecule has 0 atom stereocenters. The number of benzene rings is 1. The minimum atomic E-state index is -1.59.